The first-order valence-electron chi connectivity index (χ1n) is 9.63. The van der Waals surface area contributed by atoms with Crippen LogP contribution in [0.2, 0.25) is 0 Å². The van der Waals surface area contributed by atoms with Crippen LogP contribution in [0.15, 0.2) is 9.79 Å². The Morgan fingerprint density at radius 3 is 2.70 bits per heavy atom. The quantitative estimate of drug-likeness (QED) is 0.573. The van der Waals surface area contributed by atoms with Crippen LogP contribution in [0.4, 0.5) is 5.82 Å². The number of esters is 1. The Morgan fingerprint density at radius 1 is 1.33 bits per heavy atom. The van der Waals surface area contributed by atoms with Gasteiger partial charge in [-0.1, -0.05) is 12.2 Å². The van der Waals surface area contributed by atoms with Crippen molar-refractivity contribution in [1.29, 1.82) is 0 Å². The van der Waals surface area contributed by atoms with Gasteiger partial charge >= 0.3 is 11.7 Å². The average molecular weight is 394 g/mol. The van der Waals surface area contributed by atoms with Crippen LogP contribution in [0, 0.1) is 10.6 Å². The van der Waals surface area contributed by atoms with E-state index in [2.05, 4.69) is 4.99 Å². The molecule has 2 heterocycles. The first-order chi connectivity index (χ1) is 12.6. The number of hydrogen-bond donors (Lipinski definition) is 0. The zero-order chi connectivity index (χ0) is 20.2. The zero-order valence-corrected chi connectivity index (χ0v) is 17.9. The number of fused-ring (bicyclic) bond motifs is 1. The first-order valence-corrected chi connectivity index (χ1v) is 10.0. The Morgan fingerprint density at radius 2 is 2.04 bits per heavy atom. The van der Waals surface area contributed by atoms with Crippen LogP contribution in [0.3, 0.4) is 0 Å². The molecule has 1 aromatic rings. The Kier molecular flexibility index (Phi) is 7.14. The van der Waals surface area contributed by atoms with Gasteiger partial charge in [-0.05, 0) is 65.2 Å². The van der Waals surface area contributed by atoms with E-state index in [1.807, 2.05) is 27.0 Å². The van der Waals surface area contributed by atoms with Gasteiger partial charge in [-0.3, -0.25) is 13.9 Å². The molecule has 2 rings (SSSR count). The fraction of sp³-hybridized carbons (Fsp3) is 0.700. The van der Waals surface area contributed by atoms with E-state index in [1.54, 1.807) is 18.7 Å². The largest absolute Gasteiger partial charge is 0.460 e. The molecule has 1 atom stereocenters. The lowest BCUT2D eigenvalue weighted by atomic mass is 9.93. The van der Waals surface area contributed by atoms with Gasteiger partial charge in [-0.2, -0.15) is 0 Å². The summed E-state index contributed by atoms with van der Waals surface area (Å²) in [5.74, 6) is 1.02. The van der Waals surface area contributed by atoms with Crippen molar-refractivity contribution < 1.29 is 9.53 Å². The molecule has 0 bridgehead atoms. The topological polar surface area (TPSA) is 65.6 Å². The number of ether oxygens (including phenoxy) is 1. The lowest BCUT2D eigenvalue weighted by Crippen LogP contribution is -2.28. The maximum absolute atomic E-state index is 12.3. The second-order valence-electron chi connectivity index (χ2n) is 8.29. The van der Waals surface area contributed by atoms with Crippen molar-refractivity contribution in [3.8, 4) is 0 Å². The summed E-state index contributed by atoms with van der Waals surface area (Å²) in [6, 6.07) is 0. The molecule has 0 aromatic carbocycles. The Bertz CT molecular complexity index is 831. The van der Waals surface area contributed by atoms with Gasteiger partial charge in [0.05, 0.1) is 0 Å². The number of aromatic nitrogens is 2. The van der Waals surface area contributed by atoms with Gasteiger partial charge in [0, 0.05) is 32.3 Å². The Labute approximate surface area is 166 Å². The third-order valence-electron chi connectivity index (χ3n) is 4.83. The van der Waals surface area contributed by atoms with Gasteiger partial charge in [0.25, 0.3) is 0 Å². The molecule has 1 aliphatic heterocycles. The van der Waals surface area contributed by atoms with Gasteiger partial charge < -0.3 is 4.74 Å². The van der Waals surface area contributed by atoms with Crippen LogP contribution in [-0.4, -0.2) is 26.9 Å². The lowest BCUT2D eigenvalue weighted by Gasteiger charge is -2.20. The second kappa shape index (κ2) is 8.95. The first kappa shape index (κ1) is 21.5. The maximum atomic E-state index is 12.3. The number of hydrogen-bond acceptors (Lipinski definition) is 5. The highest BCUT2D eigenvalue weighted by molar-refractivity contribution is 7.71. The molecule has 1 aliphatic rings. The predicted molar refractivity (Wildman–Crippen MR) is 110 cm³/mol. The molecule has 0 N–H and O–H groups in total. The van der Waals surface area contributed by atoms with E-state index < -0.39 is 5.60 Å². The normalized spacial score (nSPS) is 17.6. The summed E-state index contributed by atoms with van der Waals surface area (Å²) in [7, 11) is 3.45. The predicted octanol–water partition coefficient (Wildman–Crippen LogP) is 4.01. The van der Waals surface area contributed by atoms with Crippen LogP contribution in [0.1, 0.15) is 64.9 Å². The molecule has 0 spiro atoms. The van der Waals surface area contributed by atoms with E-state index in [0.29, 0.717) is 22.8 Å². The average Bonchev–Trinajstić information content (AvgIpc) is 2.67. The third kappa shape index (κ3) is 5.86. The molecule has 150 valence electrons. The molecular weight excluding hydrogens is 362 g/mol. The summed E-state index contributed by atoms with van der Waals surface area (Å²) in [5.41, 5.74) is 0.395. The van der Waals surface area contributed by atoms with E-state index in [1.165, 1.54) is 4.57 Å². The minimum Gasteiger partial charge on any atom is -0.460 e. The molecule has 6 nitrogen and oxygen atoms in total. The number of aliphatic imine (C=N–C) groups is 1. The van der Waals surface area contributed by atoms with Crippen molar-refractivity contribution >= 4 is 30.2 Å². The van der Waals surface area contributed by atoms with Crippen molar-refractivity contribution in [1.82, 2.24) is 9.13 Å². The van der Waals surface area contributed by atoms with E-state index >= 15 is 0 Å². The van der Waals surface area contributed by atoms with Gasteiger partial charge in [0.15, 0.2) is 0 Å². The van der Waals surface area contributed by atoms with Gasteiger partial charge in [-0.15, -0.1) is 0 Å². The van der Waals surface area contributed by atoms with E-state index in [0.717, 1.165) is 44.1 Å². The summed E-state index contributed by atoms with van der Waals surface area (Å²) < 4.78 is 9.04. The van der Waals surface area contributed by atoms with Gasteiger partial charge in [0.1, 0.15) is 16.1 Å². The molecule has 0 saturated carbocycles. The number of carbonyl (C=O) groups excluding carboxylic acids is 1. The fourth-order valence-electron chi connectivity index (χ4n) is 3.45. The van der Waals surface area contributed by atoms with Crippen LogP contribution in [-0.2, 0) is 30.0 Å². The van der Waals surface area contributed by atoms with E-state index in [4.69, 9.17) is 17.0 Å². The van der Waals surface area contributed by atoms with Crippen LogP contribution < -0.4 is 5.69 Å². The highest BCUT2D eigenvalue weighted by Crippen LogP contribution is 2.26. The standard InChI is InChI=1S/C20H31N3O3S/c1-20(2,3)26-16(24)11-7-9-14-8-6-10-15-17(21-13-12-14)22(4)19(25)23(5)18(15)27/h13-14H,6-12H2,1-5H3. The summed E-state index contributed by atoms with van der Waals surface area (Å²) in [4.78, 5) is 28.7. The van der Waals surface area contributed by atoms with Crippen molar-refractivity contribution in [3.63, 3.8) is 0 Å². The lowest BCUT2D eigenvalue weighted by molar-refractivity contribution is -0.154. The molecule has 1 unspecified atom stereocenters. The van der Waals surface area contributed by atoms with Crippen LogP contribution >= 0.6 is 12.2 Å². The number of rotatable bonds is 4. The number of carbonyl (C=O) groups is 1. The van der Waals surface area contributed by atoms with Crippen molar-refractivity contribution in [2.24, 2.45) is 25.0 Å². The minimum atomic E-state index is -0.429. The van der Waals surface area contributed by atoms with E-state index in [-0.39, 0.29) is 11.7 Å². The summed E-state index contributed by atoms with van der Waals surface area (Å²) in [6.07, 6.45) is 7.85. The monoisotopic (exact) mass is 393 g/mol. The molecule has 0 radical (unpaired) electrons. The van der Waals surface area contributed by atoms with Gasteiger partial charge in [-0.25, -0.2) is 9.79 Å². The molecule has 1 aromatic heterocycles. The Balaban J connectivity index is 2.01. The molecule has 0 fully saturated rings. The zero-order valence-electron chi connectivity index (χ0n) is 17.1. The number of nitrogens with zero attached hydrogens (tertiary/aromatic N) is 3. The second-order valence-corrected chi connectivity index (χ2v) is 8.68. The van der Waals surface area contributed by atoms with Crippen molar-refractivity contribution in [2.45, 2.75) is 71.3 Å². The van der Waals surface area contributed by atoms with Gasteiger partial charge in [0.2, 0.25) is 0 Å². The maximum Gasteiger partial charge on any atom is 0.330 e. The summed E-state index contributed by atoms with van der Waals surface area (Å²) in [5, 5.41) is 0. The molecule has 0 saturated heterocycles. The molecular formula is C20H31N3O3S. The van der Waals surface area contributed by atoms with Crippen molar-refractivity contribution in [3.05, 3.63) is 20.7 Å². The van der Waals surface area contributed by atoms with E-state index in [9.17, 15) is 9.59 Å². The van der Waals surface area contributed by atoms with Crippen LogP contribution in [0.25, 0.3) is 0 Å². The fourth-order valence-corrected chi connectivity index (χ4v) is 3.72. The minimum absolute atomic E-state index is 0.134. The van der Waals surface area contributed by atoms with Crippen LogP contribution in [0.5, 0.6) is 0 Å². The highest BCUT2D eigenvalue weighted by atomic mass is 32.1. The highest BCUT2D eigenvalue weighted by Gasteiger charge is 2.18. The third-order valence-corrected chi connectivity index (χ3v) is 5.35. The smallest absolute Gasteiger partial charge is 0.330 e. The molecule has 27 heavy (non-hydrogen) atoms. The SMILES string of the molecule is Cn1c2c(c(=S)n(C)c1=O)CCCC(CCCC(=O)OC(C)(C)C)CC=N2. The molecule has 7 heteroatoms. The Hall–Kier alpha value is -1.76. The summed E-state index contributed by atoms with van der Waals surface area (Å²) in [6.45, 7) is 5.66. The molecule has 0 aliphatic carbocycles. The molecule has 0 amide bonds. The van der Waals surface area contributed by atoms with Crippen molar-refractivity contribution in [2.75, 3.05) is 0 Å². The summed E-state index contributed by atoms with van der Waals surface area (Å²) >= 11 is 5.47.